The van der Waals surface area contributed by atoms with E-state index >= 15 is 0 Å². The smallest absolute Gasteiger partial charge is 0.191 e. The van der Waals surface area contributed by atoms with Crippen LogP contribution in [0.4, 0.5) is 10.2 Å². The Morgan fingerprint density at radius 2 is 2.07 bits per heavy atom. The molecule has 30 heavy (non-hydrogen) atoms. The van der Waals surface area contributed by atoms with Crippen LogP contribution in [0.15, 0.2) is 40.7 Å². The second-order valence-electron chi connectivity index (χ2n) is 6.69. The molecule has 0 radical (unpaired) electrons. The van der Waals surface area contributed by atoms with Gasteiger partial charge in [0, 0.05) is 18.5 Å². The average Bonchev–Trinajstić information content (AvgIpc) is 3.30. The summed E-state index contributed by atoms with van der Waals surface area (Å²) in [5.74, 6) is 0.642. The molecule has 0 aliphatic carbocycles. The van der Waals surface area contributed by atoms with Gasteiger partial charge in [0.05, 0.1) is 17.9 Å². The van der Waals surface area contributed by atoms with Crippen molar-refractivity contribution in [3.05, 3.63) is 63.2 Å². The molecule has 1 aromatic carbocycles. The lowest BCUT2D eigenvalue weighted by Gasteiger charge is -2.11. The Kier molecular flexibility index (Phi) is 7.03. The number of nitriles is 1. The summed E-state index contributed by atoms with van der Waals surface area (Å²) in [4.78, 5) is 5.51. The number of anilines is 1. The first-order valence-corrected chi connectivity index (χ1v) is 10.4. The molecule has 0 spiro atoms. The quantitative estimate of drug-likeness (QED) is 0.306. The van der Waals surface area contributed by atoms with Crippen LogP contribution in [0.25, 0.3) is 5.69 Å². The molecule has 0 amide bonds. The summed E-state index contributed by atoms with van der Waals surface area (Å²) in [7, 11) is 1.73. The van der Waals surface area contributed by atoms with E-state index in [4.69, 9.17) is 5.73 Å². The monoisotopic (exact) mass is 425 g/mol. The third-order valence-electron chi connectivity index (χ3n) is 4.67. The number of thiophene rings is 1. The molecule has 156 valence electrons. The number of nitrogens with two attached hydrogens (primary N) is 1. The molecule has 9 heteroatoms. The summed E-state index contributed by atoms with van der Waals surface area (Å²) in [6.45, 7) is 3.48. The van der Waals surface area contributed by atoms with Crippen LogP contribution in [0.5, 0.6) is 0 Å². The minimum atomic E-state index is -0.340. The Morgan fingerprint density at radius 1 is 1.30 bits per heavy atom. The molecule has 0 fully saturated rings. The fraction of sp³-hybridized carbons (Fsp3) is 0.286. The lowest BCUT2D eigenvalue weighted by Crippen LogP contribution is -2.37. The number of nitrogens with zero attached hydrogens (tertiary/aromatic N) is 4. The molecular weight excluding hydrogens is 401 g/mol. The Balaban J connectivity index is 1.56. The van der Waals surface area contributed by atoms with E-state index in [1.807, 2.05) is 0 Å². The van der Waals surface area contributed by atoms with Crippen molar-refractivity contribution in [2.75, 3.05) is 19.3 Å². The number of benzene rings is 1. The maximum Gasteiger partial charge on any atom is 0.191 e. The average molecular weight is 426 g/mol. The van der Waals surface area contributed by atoms with Gasteiger partial charge < -0.3 is 16.4 Å². The summed E-state index contributed by atoms with van der Waals surface area (Å²) < 4.78 is 14.7. The zero-order valence-corrected chi connectivity index (χ0v) is 17.8. The van der Waals surface area contributed by atoms with Crippen molar-refractivity contribution in [1.29, 1.82) is 5.26 Å². The van der Waals surface area contributed by atoms with Crippen LogP contribution >= 0.6 is 11.3 Å². The minimum absolute atomic E-state index is 0.260. The van der Waals surface area contributed by atoms with E-state index in [2.05, 4.69) is 45.2 Å². The number of guanidine groups is 1. The number of hydrogen-bond acceptors (Lipinski definition) is 5. The SMILES string of the molecule is CN=C(NCCCc1nn(-c2ccc(F)cc2)c(N)c1C#N)NCc1sccc1C. The zero-order chi connectivity index (χ0) is 21.5. The first-order valence-electron chi connectivity index (χ1n) is 9.54. The molecule has 2 heterocycles. The number of hydrogen-bond donors (Lipinski definition) is 3. The van der Waals surface area contributed by atoms with Crippen molar-refractivity contribution < 1.29 is 4.39 Å². The Labute approximate surface area is 179 Å². The van der Waals surface area contributed by atoms with Gasteiger partial charge in [-0.2, -0.15) is 10.4 Å². The summed E-state index contributed by atoms with van der Waals surface area (Å²) >= 11 is 1.72. The molecule has 0 atom stereocenters. The highest BCUT2D eigenvalue weighted by Gasteiger charge is 2.16. The summed E-state index contributed by atoms with van der Waals surface area (Å²) in [5, 5.41) is 22.6. The Bertz CT molecular complexity index is 1060. The molecule has 0 bridgehead atoms. The molecule has 4 N–H and O–H groups in total. The van der Waals surface area contributed by atoms with E-state index in [0.717, 1.165) is 18.9 Å². The van der Waals surface area contributed by atoms with Gasteiger partial charge in [0.25, 0.3) is 0 Å². The molecule has 3 aromatic rings. The first kappa shape index (κ1) is 21.3. The lowest BCUT2D eigenvalue weighted by atomic mass is 10.1. The number of nitrogens with one attached hydrogen (secondary N) is 2. The fourth-order valence-electron chi connectivity index (χ4n) is 2.99. The van der Waals surface area contributed by atoms with Crippen LogP contribution in [-0.2, 0) is 13.0 Å². The van der Waals surface area contributed by atoms with Crippen molar-refractivity contribution in [2.24, 2.45) is 4.99 Å². The molecule has 0 saturated carbocycles. The van der Waals surface area contributed by atoms with Crippen molar-refractivity contribution >= 4 is 23.1 Å². The molecule has 0 unspecified atom stereocenters. The maximum atomic E-state index is 13.2. The minimum Gasteiger partial charge on any atom is -0.382 e. The van der Waals surface area contributed by atoms with Gasteiger partial charge in [-0.25, -0.2) is 9.07 Å². The molecule has 0 aliphatic heterocycles. The van der Waals surface area contributed by atoms with E-state index in [0.29, 0.717) is 29.9 Å². The number of aryl methyl sites for hydroxylation is 2. The summed E-state index contributed by atoms with van der Waals surface area (Å²) in [5.41, 5.74) is 8.96. The van der Waals surface area contributed by atoms with E-state index < -0.39 is 0 Å². The van der Waals surface area contributed by atoms with Gasteiger partial charge in [0.1, 0.15) is 23.3 Å². The third-order valence-corrected chi connectivity index (χ3v) is 5.69. The second kappa shape index (κ2) is 9.89. The van der Waals surface area contributed by atoms with Crippen molar-refractivity contribution in [1.82, 2.24) is 20.4 Å². The Hall–Kier alpha value is -3.38. The van der Waals surface area contributed by atoms with Gasteiger partial charge >= 0.3 is 0 Å². The highest BCUT2D eigenvalue weighted by molar-refractivity contribution is 7.10. The van der Waals surface area contributed by atoms with Crippen LogP contribution in [-0.4, -0.2) is 29.3 Å². The first-order chi connectivity index (χ1) is 14.5. The molecular formula is C21H24FN7S. The molecule has 3 rings (SSSR count). The standard InChI is InChI=1S/C21H24FN7S/c1-14-9-11-30-19(14)13-27-21(25-2)26-10-3-4-18-17(12-23)20(24)29(28-18)16-7-5-15(22)6-8-16/h5-9,11H,3-4,10,13,24H2,1-2H3,(H2,25,26,27). The molecule has 2 aromatic heterocycles. The van der Waals surface area contributed by atoms with Crippen LogP contribution in [0.3, 0.4) is 0 Å². The van der Waals surface area contributed by atoms with Gasteiger partial charge in [-0.05, 0) is 61.0 Å². The molecule has 0 aliphatic rings. The highest BCUT2D eigenvalue weighted by Crippen LogP contribution is 2.21. The normalized spacial score (nSPS) is 11.3. The van der Waals surface area contributed by atoms with Crippen LogP contribution in [0.1, 0.15) is 28.1 Å². The molecule has 0 saturated heterocycles. The van der Waals surface area contributed by atoms with Gasteiger partial charge in [-0.15, -0.1) is 11.3 Å². The van der Waals surface area contributed by atoms with Crippen molar-refractivity contribution in [2.45, 2.75) is 26.3 Å². The van der Waals surface area contributed by atoms with E-state index in [1.54, 1.807) is 30.5 Å². The topological polar surface area (TPSA) is 104 Å². The predicted octanol–water partition coefficient (Wildman–Crippen LogP) is 3.13. The summed E-state index contributed by atoms with van der Waals surface area (Å²) in [6.07, 6.45) is 1.32. The van der Waals surface area contributed by atoms with Gasteiger partial charge in [-0.3, -0.25) is 4.99 Å². The van der Waals surface area contributed by atoms with E-state index in [-0.39, 0.29) is 11.6 Å². The van der Waals surface area contributed by atoms with Crippen molar-refractivity contribution in [3.63, 3.8) is 0 Å². The zero-order valence-electron chi connectivity index (χ0n) is 16.9. The number of aliphatic imine (C=N–C) groups is 1. The summed E-state index contributed by atoms with van der Waals surface area (Å²) in [6, 6.07) is 10.1. The maximum absolute atomic E-state index is 13.2. The number of nitrogen functional groups attached to an aromatic ring is 1. The third kappa shape index (κ3) is 4.96. The van der Waals surface area contributed by atoms with E-state index in [1.165, 1.54) is 27.3 Å². The van der Waals surface area contributed by atoms with Crippen LogP contribution < -0.4 is 16.4 Å². The van der Waals surface area contributed by atoms with Gasteiger partial charge in [0.2, 0.25) is 0 Å². The van der Waals surface area contributed by atoms with Gasteiger partial charge in [-0.1, -0.05) is 0 Å². The fourth-order valence-corrected chi connectivity index (χ4v) is 3.83. The Morgan fingerprint density at radius 3 is 2.70 bits per heavy atom. The number of halogens is 1. The lowest BCUT2D eigenvalue weighted by molar-refractivity contribution is 0.627. The number of aromatic nitrogens is 2. The molecule has 7 nitrogen and oxygen atoms in total. The van der Waals surface area contributed by atoms with E-state index in [9.17, 15) is 9.65 Å². The predicted molar refractivity (Wildman–Crippen MR) is 118 cm³/mol. The second-order valence-corrected chi connectivity index (χ2v) is 7.69. The number of rotatable bonds is 7. The van der Waals surface area contributed by atoms with Crippen LogP contribution in [0.2, 0.25) is 0 Å². The largest absolute Gasteiger partial charge is 0.382 e. The highest BCUT2D eigenvalue weighted by atomic mass is 32.1. The van der Waals surface area contributed by atoms with Crippen molar-refractivity contribution in [3.8, 4) is 11.8 Å². The van der Waals surface area contributed by atoms with Crippen LogP contribution in [0, 0.1) is 24.1 Å². The van der Waals surface area contributed by atoms with Gasteiger partial charge in [0.15, 0.2) is 5.96 Å².